The highest BCUT2D eigenvalue weighted by atomic mass is 14.7. The van der Waals surface area contributed by atoms with Crippen LogP contribution < -0.4 is 11.5 Å². The van der Waals surface area contributed by atoms with Gasteiger partial charge in [0.15, 0.2) is 0 Å². The molecule has 3 heteroatoms. The number of nitrogens with two attached hydrogens (primary N) is 2. The molecular weight excluding hydrogens is 198 g/mol. The first-order chi connectivity index (χ1) is 7.79. The zero-order valence-corrected chi connectivity index (χ0v) is 8.80. The van der Waals surface area contributed by atoms with E-state index in [1.54, 1.807) is 12.4 Å². The van der Waals surface area contributed by atoms with Crippen molar-refractivity contribution in [3.05, 3.63) is 66.0 Å². The van der Waals surface area contributed by atoms with E-state index >= 15 is 0 Å². The number of nitrogens with zero attached hydrogens (tertiary/aromatic N) is 1. The summed E-state index contributed by atoms with van der Waals surface area (Å²) in [5.74, 6) is 0. The number of pyridine rings is 1. The first kappa shape index (κ1) is 10.2. The highest BCUT2D eigenvalue weighted by Crippen LogP contribution is 2.17. The van der Waals surface area contributed by atoms with Crippen molar-refractivity contribution >= 4 is 11.4 Å². The monoisotopic (exact) mass is 211 g/mol. The third-order valence-corrected chi connectivity index (χ3v) is 2.35. The zero-order valence-electron chi connectivity index (χ0n) is 8.80. The Labute approximate surface area is 94.4 Å². The fraction of sp³-hybridized carbons (Fsp3) is 0. The SMILES string of the molecule is N/C(=C(/N)c1cccnc1)c1ccccc1. The van der Waals surface area contributed by atoms with E-state index < -0.39 is 0 Å². The van der Waals surface area contributed by atoms with Gasteiger partial charge in [0.1, 0.15) is 0 Å². The summed E-state index contributed by atoms with van der Waals surface area (Å²) in [6.07, 6.45) is 3.40. The molecule has 0 radical (unpaired) electrons. The van der Waals surface area contributed by atoms with Gasteiger partial charge in [-0.1, -0.05) is 30.3 Å². The van der Waals surface area contributed by atoms with Gasteiger partial charge in [-0.3, -0.25) is 4.98 Å². The molecule has 0 aliphatic heterocycles. The Morgan fingerprint density at radius 1 is 0.812 bits per heavy atom. The van der Waals surface area contributed by atoms with Crippen LogP contribution in [0, 0.1) is 0 Å². The summed E-state index contributed by atoms with van der Waals surface area (Å²) in [4.78, 5) is 4.01. The van der Waals surface area contributed by atoms with Gasteiger partial charge in [0.2, 0.25) is 0 Å². The van der Waals surface area contributed by atoms with Gasteiger partial charge in [0.05, 0.1) is 11.4 Å². The molecule has 3 nitrogen and oxygen atoms in total. The minimum absolute atomic E-state index is 0.555. The van der Waals surface area contributed by atoms with E-state index in [0.29, 0.717) is 11.4 Å². The van der Waals surface area contributed by atoms with Crippen LogP contribution in [0.1, 0.15) is 11.1 Å². The molecule has 0 saturated heterocycles. The van der Waals surface area contributed by atoms with Gasteiger partial charge in [-0.2, -0.15) is 0 Å². The van der Waals surface area contributed by atoms with Crippen LogP contribution >= 0.6 is 0 Å². The maximum absolute atomic E-state index is 6.00. The highest BCUT2D eigenvalue weighted by Gasteiger charge is 2.03. The fourth-order valence-corrected chi connectivity index (χ4v) is 1.45. The van der Waals surface area contributed by atoms with Crippen molar-refractivity contribution in [1.29, 1.82) is 0 Å². The van der Waals surface area contributed by atoms with Crippen LogP contribution in [-0.2, 0) is 0 Å². The molecule has 2 rings (SSSR count). The maximum Gasteiger partial charge on any atom is 0.0643 e. The topological polar surface area (TPSA) is 64.9 Å². The van der Waals surface area contributed by atoms with Crippen LogP contribution in [0.15, 0.2) is 54.9 Å². The molecule has 0 atom stereocenters. The van der Waals surface area contributed by atoms with E-state index in [-0.39, 0.29) is 0 Å². The molecule has 0 saturated carbocycles. The van der Waals surface area contributed by atoms with E-state index in [4.69, 9.17) is 11.5 Å². The Hall–Kier alpha value is -2.29. The molecule has 0 amide bonds. The van der Waals surface area contributed by atoms with E-state index in [1.807, 2.05) is 42.5 Å². The van der Waals surface area contributed by atoms with Gasteiger partial charge in [-0.15, -0.1) is 0 Å². The second kappa shape index (κ2) is 4.49. The van der Waals surface area contributed by atoms with Gasteiger partial charge in [0.25, 0.3) is 0 Å². The average Bonchev–Trinajstić information content (AvgIpc) is 2.39. The normalized spacial score (nSPS) is 12.0. The largest absolute Gasteiger partial charge is 0.397 e. The quantitative estimate of drug-likeness (QED) is 0.796. The molecule has 2 aromatic rings. The van der Waals surface area contributed by atoms with Crippen LogP contribution in [0.5, 0.6) is 0 Å². The number of hydrogen-bond acceptors (Lipinski definition) is 3. The average molecular weight is 211 g/mol. The second-order valence-electron chi connectivity index (χ2n) is 3.44. The third-order valence-electron chi connectivity index (χ3n) is 2.35. The molecule has 0 bridgehead atoms. The van der Waals surface area contributed by atoms with Crippen LogP contribution in [0.25, 0.3) is 11.4 Å². The first-order valence-corrected chi connectivity index (χ1v) is 5.00. The fourth-order valence-electron chi connectivity index (χ4n) is 1.45. The van der Waals surface area contributed by atoms with Crippen LogP contribution in [-0.4, -0.2) is 4.98 Å². The van der Waals surface area contributed by atoms with Crippen molar-refractivity contribution in [2.24, 2.45) is 11.5 Å². The van der Waals surface area contributed by atoms with E-state index in [2.05, 4.69) is 4.98 Å². The molecule has 1 aromatic carbocycles. The molecule has 0 aliphatic carbocycles. The lowest BCUT2D eigenvalue weighted by Crippen LogP contribution is -2.07. The van der Waals surface area contributed by atoms with Crippen molar-refractivity contribution < 1.29 is 0 Å². The molecule has 0 fully saturated rings. The summed E-state index contributed by atoms with van der Waals surface area (Å²) in [5, 5.41) is 0. The molecule has 0 spiro atoms. The number of rotatable bonds is 2. The standard InChI is InChI=1S/C13H13N3/c14-12(10-5-2-1-3-6-10)13(15)11-7-4-8-16-9-11/h1-9H,14-15H2/b13-12+. The predicted molar refractivity (Wildman–Crippen MR) is 65.9 cm³/mol. The summed E-state index contributed by atoms with van der Waals surface area (Å²) in [7, 11) is 0. The van der Waals surface area contributed by atoms with Crippen LogP contribution in [0.3, 0.4) is 0 Å². The first-order valence-electron chi connectivity index (χ1n) is 5.00. The van der Waals surface area contributed by atoms with Gasteiger partial charge in [-0.05, 0) is 17.7 Å². The van der Waals surface area contributed by atoms with Gasteiger partial charge in [0, 0.05) is 18.0 Å². The summed E-state index contributed by atoms with van der Waals surface area (Å²) < 4.78 is 0. The molecule has 0 aliphatic rings. The van der Waals surface area contributed by atoms with Crippen molar-refractivity contribution in [2.75, 3.05) is 0 Å². The van der Waals surface area contributed by atoms with E-state index in [9.17, 15) is 0 Å². The molecule has 80 valence electrons. The lowest BCUT2D eigenvalue weighted by molar-refractivity contribution is 1.29. The maximum atomic E-state index is 6.00. The van der Waals surface area contributed by atoms with Gasteiger partial charge in [-0.25, -0.2) is 0 Å². The van der Waals surface area contributed by atoms with Crippen LogP contribution in [0.4, 0.5) is 0 Å². The lowest BCUT2D eigenvalue weighted by atomic mass is 10.1. The summed E-state index contributed by atoms with van der Waals surface area (Å²) in [6.45, 7) is 0. The molecule has 16 heavy (non-hydrogen) atoms. The van der Waals surface area contributed by atoms with Crippen molar-refractivity contribution in [3.63, 3.8) is 0 Å². The Morgan fingerprint density at radius 2 is 1.44 bits per heavy atom. The zero-order chi connectivity index (χ0) is 11.4. The summed E-state index contributed by atoms with van der Waals surface area (Å²) >= 11 is 0. The Kier molecular flexibility index (Phi) is 2.87. The predicted octanol–water partition coefficient (Wildman–Crippen LogP) is 1.82. The number of hydrogen-bond donors (Lipinski definition) is 2. The van der Waals surface area contributed by atoms with E-state index in [0.717, 1.165) is 11.1 Å². The molecule has 4 N–H and O–H groups in total. The summed E-state index contributed by atoms with van der Waals surface area (Å²) in [5.41, 5.74) is 14.9. The van der Waals surface area contributed by atoms with Crippen molar-refractivity contribution in [2.45, 2.75) is 0 Å². The van der Waals surface area contributed by atoms with Crippen LogP contribution in [0.2, 0.25) is 0 Å². The minimum atomic E-state index is 0.555. The Morgan fingerprint density at radius 3 is 2.06 bits per heavy atom. The Balaban J connectivity index is 2.43. The number of benzene rings is 1. The van der Waals surface area contributed by atoms with Gasteiger partial charge >= 0.3 is 0 Å². The lowest BCUT2D eigenvalue weighted by Gasteiger charge is -2.07. The van der Waals surface area contributed by atoms with E-state index in [1.165, 1.54) is 0 Å². The van der Waals surface area contributed by atoms with Gasteiger partial charge < -0.3 is 11.5 Å². The Bertz CT molecular complexity index is 442. The third kappa shape index (κ3) is 2.03. The smallest absolute Gasteiger partial charge is 0.0643 e. The molecular formula is C13H13N3. The highest BCUT2D eigenvalue weighted by molar-refractivity contribution is 5.87. The van der Waals surface area contributed by atoms with Crippen molar-refractivity contribution in [1.82, 2.24) is 4.98 Å². The second-order valence-corrected chi connectivity index (χ2v) is 3.44. The minimum Gasteiger partial charge on any atom is -0.397 e. The number of aromatic nitrogens is 1. The molecule has 0 unspecified atom stereocenters. The molecule has 1 heterocycles. The molecule has 1 aromatic heterocycles. The van der Waals surface area contributed by atoms with Crippen molar-refractivity contribution in [3.8, 4) is 0 Å². The summed E-state index contributed by atoms with van der Waals surface area (Å²) in [6, 6.07) is 13.4.